The zero-order chi connectivity index (χ0) is 20.9. The average molecular weight is 406 g/mol. The molecule has 2 aliphatic heterocycles. The number of nitrogens with zero attached hydrogens (tertiary/aromatic N) is 2. The maximum Gasteiger partial charge on any atom is 0.131 e. The minimum atomic E-state index is 0.413. The number of allylic oxidation sites excluding steroid dienone is 1. The molecule has 2 aliphatic rings. The molecule has 158 valence electrons. The lowest BCUT2D eigenvalue weighted by Gasteiger charge is -2.27. The smallest absolute Gasteiger partial charge is 0.131 e. The zero-order valence-corrected chi connectivity index (χ0v) is 17.6. The van der Waals surface area contributed by atoms with Gasteiger partial charge in [-0.25, -0.2) is 4.98 Å². The molecule has 3 heterocycles. The second-order valence-electron chi connectivity index (χ2n) is 8.05. The number of pyridine rings is 1. The number of aliphatic imine (C=N–C) groups is 1. The third-order valence-corrected chi connectivity index (χ3v) is 6.19. The lowest BCUT2D eigenvalue weighted by Crippen LogP contribution is -2.19. The van der Waals surface area contributed by atoms with Gasteiger partial charge in [0.05, 0.1) is 0 Å². The van der Waals surface area contributed by atoms with E-state index in [0.29, 0.717) is 17.8 Å². The fourth-order valence-corrected chi connectivity index (χ4v) is 4.59. The lowest BCUT2D eigenvalue weighted by molar-refractivity contribution is 0.0851. The number of aromatic nitrogens is 1. The first-order valence-electron chi connectivity index (χ1n) is 10.8. The zero-order valence-electron chi connectivity index (χ0n) is 17.6. The van der Waals surface area contributed by atoms with Crippen LogP contribution in [0.15, 0.2) is 41.7 Å². The van der Waals surface area contributed by atoms with Crippen LogP contribution in [0.4, 0.5) is 5.82 Å². The van der Waals surface area contributed by atoms with Gasteiger partial charge < -0.3 is 21.5 Å². The molecule has 1 unspecified atom stereocenters. The van der Waals surface area contributed by atoms with Crippen LogP contribution in [0.5, 0.6) is 0 Å². The highest BCUT2D eigenvalue weighted by atomic mass is 16.5. The summed E-state index contributed by atoms with van der Waals surface area (Å²) in [5.41, 5.74) is 18.6. The quantitative estimate of drug-likeness (QED) is 0.660. The number of rotatable bonds is 5. The van der Waals surface area contributed by atoms with Crippen molar-refractivity contribution in [1.82, 2.24) is 10.3 Å². The van der Waals surface area contributed by atoms with Gasteiger partial charge in [0.2, 0.25) is 0 Å². The van der Waals surface area contributed by atoms with E-state index in [1.54, 1.807) is 13.3 Å². The molecule has 4 rings (SSSR count). The maximum absolute atomic E-state index is 6.13. The molecule has 1 aromatic carbocycles. The molecular weight excluding hydrogens is 374 g/mol. The van der Waals surface area contributed by atoms with Gasteiger partial charge in [-0.15, -0.1) is 0 Å². The minimum absolute atomic E-state index is 0.413. The van der Waals surface area contributed by atoms with Gasteiger partial charge >= 0.3 is 0 Å². The van der Waals surface area contributed by atoms with Crippen molar-refractivity contribution in [3.05, 3.63) is 53.4 Å². The van der Waals surface area contributed by atoms with Crippen LogP contribution in [0.3, 0.4) is 0 Å². The number of benzene rings is 1. The predicted octanol–water partition coefficient (Wildman–Crippen LogP) is 3.65. The summed E-state index contributed by atoms with van der Waals surface area (Å²) in [4.78, 5) is 8.52. The normalized spacial score (nSPS) is 20.8. The number of anilines is 1. The molecular formula is C24H31N5O. The molecule has 1 atom stereocenters. The molecule has 2 saturated heterocycles. The van der Waals surface area contributed by atoms with Gasteiger partial charge in [0.25, 0.3) is 0 Å². The third kappa shape index (κ3) is 4.25. The molecule has 0 radical (unpaired) electrons. The van der Waals surface area contributed by atoms with E-state index in [1.807, 2.05) is 6.20 Å². The van der Waals surface area contributed by atoms with Crippen LogP contribution in [0.2, 0.25) is 0 Å². The molecule has 2 aromatic rings. The Hall–Kier alpha value is -2.70. The van der Waals surface area contributed by atoms with Crippen LogP contribution in [0.25, 0.3) is 16.7 Å². The summed E-state index contributed by atoms with van der Waals surface area (Å²) >= 11 is 0. The van der Waals surface area contributed by atoms with E-state index in [-0.39, 0.29) is 0 Å². The van der Waals surface area contributed by atoms with Crippen LogP contribution in [0, 0.1) is 0 Å². The van der Waals surface area contributed by atoms with Crippen molar-refractivity contribution in [1.29, 1.82) is 0 Å². The fraction of sp³-hybridized carbons (Fsp3) is 0.417. The van der Waals surface area contributed by atoms with Crippen molar-refractivity contribution < 1.29 is 4.74 Å². The molecule has 0 aliphatic carbocycles. The highest BCUT2D eigenvalue weighted by Gasteiger charge is 2.25. The van der Waals surface area contributed by atoms with Gasteiger partial charge in [-0.3, -0.25) is 4.99 Å². The number of nitrogens with one attached hydrogen (secondary N) is 1. The Bertz CT molecular complexity index is 941. The number of nitrogens with two attached hydrogens (primary N) is 2. The molecule has 0 bridgehead atoms. The van der Waals surface area contributed by atoms with Crippen LogP contribution in [-0.4, -0.2) is 38.0 Å². The number of hydrogen-bond donors (Lipinski definition) is 3. The Labute approximate surface area is 178 Å². The molecule has 1 aromatic heterocycles. The predicted molar refractivity (Wildman–Crippen MR) is 123 cm³/mol. The van der Waals surface area contributed by atoms with Crippen molar-refractivity contribution in [2.24, 2.45) is 10.7 Å². The van der Waals surface area contributed by atoms with E-state index in [2.05, 4.69) is 39.6 Å². The van der Waals surface area contributed by atoms with Gasteiger partial charge in [-0.2, -0.15) is 0 Å². The fourth-order valence-electron chi connectivity index (χ4n) is 4.59. The van der Waals surface area contributed by atoms with Crippen molar-refractivity contribution in [2.45, 2.75) is 37.6 Å². The topological polar surface area (TPSA) is 98.5 Å². The first-order valence-corrected chi connectivity index (χ1v) is 10.8. The van der Waals surface area contributed by atoms with E-state index in [0.717, 1.165) is 54.9 Å². The highest BCUT2D eigenvalue weighted by molar-refractivity contribution is 6.11. The molecule has 30 heavy (non-hydrogen) atoms. The van der Waals surface area contributed by atoms with Crippen LogP contribution >= 0.6 is 0 Å². The molecule has 6 heteroatoms. The van der Waals surface area contributed by atoms with E-state index >= 15 is 0 Å². The van der Waals surface area contributed by atoms with Gasteiger partial charge in [0.1, 0.15) is 5.82 Å². The van der Waals surface area contributed by atoms with E-state index in [4.69, 9.17) is 16.2 Å². The SMILES string of the molecule is CN=CC(=CN)c1cc(-c2ccc(C3CCOCC3)c(C3CCCN3)c2)cnc1N. The largest absolute Gasteiger partial charge is 0.404 e. The monoisotopic (exact) mass is 405 g/mol. The Kier molecular flexibility index (Phi) is 6.45. The summed E-state index contributed by atoms with van der Waals surface area (Å²) in [5, 5.41) is 3.69. The van der Waals surface area contributed by atoms with Crippen molar-refractivity contribution in [3.8, 4) is 11.1 Å². The number of hydrogen-bond acceptors (Lipinski definition) is 6. The third-order valence-electron chi connectivity index (χ3n) is 6.19. The summed E-state index contributed by atoms with van der Waals surface area (Å²) in [7, 11) is 1.72. The first kappa shape index (κ1) is 20.6. The van der Waals surface area contributed by atoms with Crippen molar-refractivity contribution >= 4 is 17.6 Å². The molecule has 0 saturated carbocycles. The highest BCUT2D eigenvalue weighted by Crippen LogP contribution is 2.38. The van der Waals surface area contributed by atoms with E-state index < -0.39 is 0 Å². The minimum Gasteiger partial charge on any atom is -0.404 e. The Morgan fingerprint density at radius 3 is 2.70 bits per heavy atom. The van der Waals surface area contributed by atoms with Gasteiger partial charge in [0.15, 0.2) is 0 Å². The van der Waals surface area contributed by atoms with Crippen LogP contribution in [0.1, 0.15) is 54.3 Å². The number of nitrogen functional groups attached to an aromatic ring is 1. The summed E-state index contributed by atoms with van der Waals surface area (Å²) < 4.78 is 5.59. The lowest BCUT2D eigenvalue weighted by atomic mass is 9.84. The van der Waals surface area contributed by atoms with E-state index in [9.17, 15) is 0 Å². The molecule has 5 N–H and O–H groups in total. The van der Waals surface area contributed by atoms with Gasteiger partial charge in [-0.1, -0.05) is 12.1 Å². The molecule has 6 nitrogen and oxygen atoms in total. The maximum atomic E-state index is 6.13. The van der Waals surface area contributed by atoms with Crippen LogP contribution < -0.4 is 16.8 Å². The molecule has 0 spiro atoms. The Morgan fingerprint density at radius 1 is 1.17 bits per heavy atom. The van der Waals surface area contributed by atoms with Crippen molar-refractivity contribution in [2.75, 3.05) is 32.5 Å². The summed E-state index contributed by atoms with van der Waals surface area (Å²) in [5.74, 6) is 1.02. The van der Waals surface area contributed by atoms with Crippen molar-refractivity contribution in [3.63, 3.8) is 0 Å². The molecule has 2 fully saturated rings. The standard InChI is InChI=1S/C24H31N5O/c1-27-14-19(13-25)21-12-18(15-29-24(21)26)17-4-5-20(16-6-9-30-10-7-16)22(11-17)23-3-2-8-28-23/h4-5,11-16,23,28H,2-3,6-10,25H2,1H3,(H2,26,29). The Balaban J connectivity index is 1.75. The van der Waals surface area contributed by atoms with Gasteiger partial charge in [0, 0.05) is 61.6 Å². The summed E-state index contributed by atoms with van der Waals surface area (Å²) in [6.07, 6.45) is 9.65. The molecule has 0 amide bonds. The average Bonchev–Trinajstić information content (AvgIpc) is 3.33. The van der Waals surface area contributed by atoms with E-state index in [1.165, 1.54) is 30.2 Å². The number of ether oxygens (including phenoxy) is 1. The van der Waals surface area contributed by atoms with Gasteiger partial charge in [-0.05, 0) is 67.0 Å². The van der Waals surface area contributed by atoms with Crippen LogP contribution in [-0.2, 0) is 4.74 Å². The summed E-state index contributed by atoms with van der Waals surface area (Å²) in [6.45, 7) is 2.78. The first-order chi connectivity index (χ1) is 14.7. The second-order valence-corrected chi connectivity index (χ2v) is 8.05. The summed E-state index contributed by atoms with van der Waals surface area (Å²) in [6, 6.07) is 9.32. The Morgan fingerprint density at radius 2 is 2.00 bits per heavy atom. The second kappa shape index (κ2) is 9.41.